The van der Waals surface area contributed by atoms with E-state index < -0.39 is 23.8 Å². The van der Waals surface area contributed by atoms with Gasteiger partial charge in [0.2, 0.25) is 0 Å². The molecule has 3 aromatic carbocycles. The number of aromatic carboxylic acids is 1. The second kappa shape index (κ2) is 10.2. The fraction of sp³-hybridized carbons (Fsp3) is 0.0400. The molecular formula is C25H16Br2N2O6. The Morgan fingerprint density at radius 3 is 2.29 bits per heavy atom. The summed E-state index contributed by atoms with van der Waals surface area (Å²) in [5.74, 6) is -2.00. The van der Waals surface area contributed by atoms with Crippen molar-refractivity contribution in [2.24, 2.45) is 0 Å². The quantitative estimate of drug-likeness (QED) is 0.299. The number of carboxylic acids is 1. The maximum atomic E-state index is 13.0. The Labute approximate surface area is 216 Å². The summed E-state index contributed by atoms with van der Waals surface area (Å²) in [6.45, 7) is 0.212. The average Bonchev–Trinajstić information content (AvgIpc) is 2.82. The fourth-order valence-electron chi connectivity index (χ4n) is 3.28. The van der Waals surface area contributed by atoms with E-state index in [1.165, 1.54) is 18.2 Å². The molecule has 35 heavy (non-hydrogen) atoms. The normalized spacial score (nSPS) is 14.7. The van der Waals surface area contributed by atoms with Crippen LogP contribution in [0.5, 0.6) is 5.75 Å². The molecule has 1 aliphatic heterocycles. The van der Waals surface area contributed by atoms with Gasteiger partial charge in [0.05, 0.1) is 15.7 Å². The van der Waals surface area contributed by atoms with Crippen LogP contribution in [0.2, 0.25) is 0 Å². The molecule has 3 aromatic rings. The third kappa shape index (κ3) is 5.50. The lowest BCUT2D eigenvalue weighted by atomic mass is 10.1. The SMILES string of the molecule is O=C1NC(=O)N(c2ccc(Br)cc2)C(=O)/C1=C\c1ccc(OCc2ccc(C(=O)O)cc2)c(Br)c1. The van der Waals surface area contributed by atoms with E-state index >= 15 is 0 Å². The van der Waals surface area contributed by atoms with Gasteiger partial charge in [-0.25, -0.2) is 14.5 Å². The standard InChI is InChI=1S/C25H16Br2N2O6/c26-17-6-8-18(9-7-17)29-23(31)19(22(30)28-25(29)34)11-15-3-10-21(20(27)12-15)35-13-14-1-4-16(5-2-14)24(32)33/h1-12H,13H2,(H,32,33)(H,28,30,34)/b19-11-. The minimum atomic E-state index is -1.00. The molecule has 176 valence electrons. The molecule has 0 unspecified atom stereocenters. The van der Waals surface area contributed by atoms with Crippen molar-refractivity contribution in [3.8, 4) is 5.75 Å². The van der Waals surface area contributed by atoms with Crippen molar-refractivity contribution in [3.05, 3.63) is 97.9 Å². The summed E-state index contributed by atoms with van der Waals surface area (Å²) in [4.78, 5) is 49.6. The van der Waals surface area contributed by atoms with E-state index in [-0.39, 0.29) is 17.7 Å². The second-order valence-electron chi connectivity index (χ2n) is 7.41. The molecule has 0 spiro atoms. The number of anilines is 1. The molecule has 8 nitrogen and oxygen atoms in total. The van der Waals surface area contributed by atoms with Gasteiger partial charge in [-0.2, -0.15) is 0 Å². The minimum absolute atomic E-state index is 0.188. The second-order valence-corrected chi connectivity index (χ2v) is 9.18. The van der Waals surface area contributed by atoms with Gasteiger partial charge in [-0.05, 0) is 81.7 Å². The molecule has 0 aromatic heterocycles. The van der Waals surface area contributed by atoms with Crippen molar-refractivity contribution in [1.29, 1.82) is 0 Å². The maximum Gasteiger partial charge on any atom is 0.335 e. The van der Waals surface area contributed by atoms with Crippen LogP contribution in [-0.2, 0) is 16.2 Å². The first-order chi connectivity index (χ1) is 16.7. The van der Waals surface area contributed by atoms with Gasteiger partial charge in [-0.15, -0.1) is 0 Å². The summed E-state index contributed by atoms with van der Waals surface area (Å²) in [6, 6.07) is 17.1. The number of hydrogen-bond donors (Lipinski definition) is 2. The summed E-state index contributed by atoms with van der Waals surface area (Å²) < 4.78 is 7.15. The predicted octanol–water partition coefficient (Wildman–Crippen LogP) is 5.16. The van der Waals surface area contributed by atoms with Crippen LogP contribution >= 0.6 is 31.9 Å². The zero-order valence-corrected chi connectivity index (χ0v) is 21.0. The molecule has 0 radical (unpaired) electrons. The molecule has 4 amide bonds. The largest absolute Gasteiger partial charge is 0.488 e. The van der Waals surface area contributed by atoms with E-state index in [9.17, 15) is 19.2 Å². The highest BCUT2D eigenvalue weighted by Crippen LogP contribution is 2.29. The number of urea groups is 1. The predicted molar refractivity (Wildman–Crippen MR) is 135 cm³/mol. The lowest BCUT2D eigenvalue weighted by molar-refractivity contribution is -0.122. The Balaban J connectivity index is 1.52. The van der Waals surface area contributed by atoms with Crippen LogP contribution in [0.25, 0.3) is 6.08 Å². The highest BCUT2D eigenvalue weighted by molar-refractivity contribution is 9.10. The number of carbonyl (C=O) groups excluding carboxylic acids is 3. The molecule has 0 atom stereocenters. The van der Waals surface area contributed by atoms with Crippen LogP contribution in [0.15, 0.2) is 81.2 Å². The van der Waals surface area contributed by atoms with E-state index in [2.05, 4.69) is 37.2 Å². The van der Waals surface area contributed by atoms with Gasteiger partial charge in [-0.3, -0.25) is 14.9 Å². The molecule has 1 aliphatic rings. The number of carboxylic acid groups (broad SMARTS) is 1. The number of barbiturate groups is 1. The number of nitrogens with one attached hydrogen (secondary N) is 1. The van der Waals surface area contributed by atoms with Gasteiger partial charge >= 0.3 is 12.0 Å². The van der Waals surface area contributed by atoms with E-state index in [1.807, 2.05) is 0 Å². The first kappa shape index (κ1) is 24.4. The molecule has 4 rings (SSSR count). The number of imide groups is 2. The van der Waals surface area contributed by atoms with Crippen molar-refractivity contribution < 1.29 is 29.0 Å². The molecule has 0 saturated carbocycles. The van der Waals surface area contributed by atoms with E-state index in [0.717, 1.165) is 14.9 Å². The summed E-state index contributed by atoms with van der Waals surface area (Å²) in [5, 5.41) is 11.2. The molecular weight excluding hydrogens is 584 g/mol. The Hall–Kier alpha value is -3.76. The molecule has 1 heterocycles. The van der Waals surface area contributed by atoms with Crippen molar-refractivity contribution in [1.82, 2.24) is 5.32 Å². The van der Waals surface area contributed by atoms with Crippen molar-refractivity contribution in [3.63, 3.8) is 0 Å². The molecule has 10 heteroatoms. The lowest BCUT2D eigenvalue weighted by Crippen LogP contribution is -2.54. The van der Waals surface area contributed by atoms with Crippen molar-refractivity contribution >= 4 is 67.4 Å². The number of ether oxygens (including phenoxy) is 1. The van der Waals surface area contributed by atoms with E-state index in [0.29, 0.717) is 21.5 Å². The lowest BCUT2D eigenvalue weighted by Gasteiger charge is -2.26. The van der Waals surface area contributed by atoms with Crippen LogP contribution < -0.4 is 15.0 Å². The number of rotatable bonds is 6. The molecule has 1 fully saturated rings. The smallest absolute Gasteiger partial charge is 0.335 e. The zero-order valence-electron chi connectivity index (χ0n) is 17.8. The van der Waals surface area contributed by atoms with E-state index in [4.69, 9.17) is 9.84 Å². The van der Waals surface area contributed by atoms with Crippen molar-refractivity contribution in [2.45, 2.75) is 6.61 Å². The number of hydrogen-bond acceptors (Lipinski definition) is 5. The number of benzene rings is 3. The van der Waals surface area contributed by atoms with Crippen LogP contribution in [0.3, 0.4) is 0 Å². The van der Waals surface area contributed by atoms with Crippen LogP contribution in [0.4, 0.5) is 10.5 Å². The van der Waals surface area contributed by atoms with Crippen LogP contribution in [-0.4, -0.2) is 28.9 Å². The third-order valence-electron chi connectivity index (χ3n) is 5.05. The van der Waals surface area contributed by atoms with Gasteiger partial charge in [0.15, 0.2) is 0 Å². The highest BCUT2D eigenvalue weighted by Gasteiger charge is 2.36. The van der Waals surface area contributed by atoms with Crippen molar-refractivity contribution in [2.75, 3.05) is 4.90 Å². The maximum absolute atomic E-state index is 13.0. The number of amides is 4. The fourth-order valence-corrected chi connectivity index (χ4v) is 4.05. The van der Waals surface area contributed by atoms with Gasteiger partial charge in [0, 0.05) is 4.47 Å². The molecule has 1 saturated heterocycles. The zero-order chi connectivity index (χ0) is 25.1. The highest BCUT2D eigenvalue weighted by atomic mass is 79.9. The monoisotopic (exact) mass is 598 g/mol. The molecule has 0 bridgehead atoms. The van der Waals surface area contributed by atoms with Crippen LogP contribution in [0, 0.1) is 0 Å². The summed E-state index contributed by atoms with van der Waals surface area (Å²) in [6.07, 6.45) is 1.40. The average molecular weight is 600 g/mol. The van der Waals surface area contributed by atoms with E-state index in [1.54, 1.807) is 54.6 Å². The summed E-state index contributed by atoms with van der Waals surface area (Å²) in [5.41, 5.74) is 1.66. The molecule has 0 aliphatic carbocycles. The Kier molecular flexibility index (Phi) is 7.13. The van der Waals surface area contributed by atoms with Gasteiger partial charge < -0.3 is 9.84 Å². The minimum Gasteiger partial charge on any atom is -0.488 e. The third-order valence-corrected chi connectivity index (χ3v) is 6.20. The molecule has 2 N–H and O–H groups in total. The van der Waals surface area contributed by atoms with Gasteiger partial charge in [0.1, 0.15) is 17.9 Å². The Morgan fingerprint density at radius 2 is 1.66 bits per heavy atom. The Bertz CT molecular complexity index is 1370. The first-order valence-electron chi connectivity index (χ1n) is 10.1. The summed E-state index contributed by atoms with van der Waals surface area (Å²) in [7, 11) is 0. The Morgan fingerprint density at radius 1 is 0.971 bits per heavy atom. The van der Waals surface area contributed by atoms with Gasteiger partial charge in [-0.1, -0.05) is 34.1 Å². The summed E-state index contributed by atoms with van der Waals surface area (Å²) >= 11 is 6.73. The number of halogens is 2. The van der Waals surface area contributed by atoms with Gasteiger partial charge in [0.25, 0.3) is 11.8 Å². The first-order valence-corrected chi connectivity index (χ1v) is 11.7. The topological polar surface area (TPSA) is 113 Å². The van der Waals surface area contributed by atoms with Crippen LogP contribution in [0.1, 0.15) is 21.5 Å². The number of carbonyl (C=O) groups is 4. The number of nitrogens with zero attached hydrogens (tertiary/aromatic N) is 1.